The third kappa shape index (κ3) is 3.11. The molecule has 0 unspecified atom stereocenters. The quantitative estimate of drug-likeness (QED) is 0.907. The molecule has 0 amide bonds. The predicted molar refractivity (Wildman–Crippen MR) is 68.4 cm³/mol. The van der Waals surface area contributed by atoms with E-state index in [1.165, 1.54) is 4.31 Å². The van der Waals surface area contributed by atoms with Crippen LogP contribution in [0.3, 0.4) is 0 Å². The zero-order valence-corrected chi connectivity index (χ0v) is 11.3. The van der Waals surface area contributed by atoms with Gasteiger partial charge in [-0.25, -0.2) is 4.72 Å². The molecule has 0 atom stereocenters. The lowest BCUT2D eigenvalue weighted by atomic mass is 10.2. The monoisotopic (exact) mass is 294 g/mol. The van der Waals surface area contributed by atoms with E-state index in [0.717, 1.165) is 12.0 Å². The minimum absolute atomic E-state index is 0.269. The summed E-state index contributed by atoms with van der Waals surface area (Å²) < 4.78 is 27.3. The van der Waals surface area contributed by atoms with Gasteiger partial charge in [-0.3, -0.25) is 0 Å². The molecule has 0 bridgehead atoms. The van der Waals surface area contributed by atoms with Gasteiger partial charge in [0, 0.05) is 29.7 Å². The molecule has 0 spiro atoms. The largest absolute Gasteiger partial charge is 0.279 e. The maximum absolute atomic E-state index is 11.7. The lowest BCUT2D eigenvalue weighted by molar-refractivity contribution is 0.369. The number of nitrogens with one attached hydrogen (secondary N) is 1. The first-order valence-corrected chi connectivity index (χ1v) is 7.37. The highest BCUT2D eigenvalue weighted by atomic mass is 35.5. The molecule has 17 heavy (non-hydrogen) atoms. The van der Waals surface area contributed by atoms with Gasteiger partial charge in [0.25, 0.3) is 10.2 Å². The maximum atomic E-state index is 11.7. The molecule has 4 nitrogen and oxygen atoms in total. The molecule has 1 fully saturated rings. The number of rotatable bonds is 2. The number of hydrogen-bond acceptors (Lipinski definition) is 2. The van der Waals surface area contributed by atoms with Gasteiger partial charge in [-0.05, 0) is 24.1 Å². The molecule has 1 aromatic carbocycles. The zero-order chi connectivity index (χ0) is 12.5. The summed E-state index contributed by atoms with van der Waals surface area (Å²) in [4.78, 5) is 0. The Bertz CT molecular complexity index is 519. The van der Waals surface area contributed by atoms with Crippen molar-refractivity contribution >= 4 is 33.4 Å². The maximum Gasteiger partial charge on any atom is 0.279 e. The second kappa shape index (κ2) is 5.12. The smallest absolute Gasteiger partial charge is 0.202 e. The fourth-order valence-corrected chi connectivity index (χ4v) is 3.40. The first-order chi connectivity index (χ1) is 7.99. The molecule has 94 valence electrons. The Labute approximate surface area is 111 Å². The summed E-state index contributed by atoms with van der Waals surface area (Å²) in [6, 6.07) is 5.06. The lowest BCUT2D eigenvalue weighted by Crippen LogP contribution is -2.46. The van der Waals surface area contributed by atoms with Crippen molar-refractivity contribution in [2.24, 2.45) is 0 Å². The van der Waals surface area contributed by atoms with Crippen molar-refractivity contribution in [3.05, 3.63) is 33.8 Å². The summed E-state index contributed by atoms with van der Waals surface area (Å²) in [5.74, 6) is 0. The highest BCUT2D eigenvalue weighted by Crippen LogP contribution is 2.23. The molecule has 1 aliphatic rings. The molecule has 1 N–H and O–H groups in total. The van der Waals surface area contributed by atoms with E-state index in [-0.39, 0.29) is 6.54 Å². The van der Waals surface area contributed by atoms with Crippen LogP contribution < -0.4 is 4.72 Å². The van der Waals surface area contributed by atoms with E-state index in [4.69, 9.17) is 23.2 Å². The van der Waals surface area contributed by atoms with E-state index in [0.29, 0.717) is 23.1 Å². The van der Waals surface area contributed by atoms with Crippen molar-refractivity contribution in [2.75, 3.05) is 13.1 Å². The van der Waals surface area contributed by atoms with Crippen LogP contribution in [0.5, 0.6) is 0 Å². The molecule has 0 aliphatic carbocycles. The van der Waals surface area contributed by atoms with E-state index in [9.17, 15) is 8.42 Å². The number of hydrogen-bond donors (Lipinski definition) is 1. The summed E-state index contributed by atoms with van der Waals surface area (Å²) in [7, 11) is -3.36. The SMILES string of the molecule is O=S1(=O)NCCCN1Cc1ccc(Cl)cc1Cl. The summed E-state index contributed by atoms with van der Waals surface area (Å²) in [5.41, 5.74) is 0.753. The van der Waals surface area contributed by atoms with E-state index in [1.54, 1.807) is 18.2 Å². The molecule has 1 aromatic rings. The zero-order valence-electron chi connectivity index (χ0n) is 8.99. The first kappa shape index (κ1) is 13.1. The minimum Gasteiger partial charge on any atom is -0.202 e. The van der Waals surface area contributed by atoms with Crippen LogP contribution in [-0.4, -0.2) is 25.8 Å². The van der Waals surface area contributed by atoms with Crippen molar-refractivity contribution in [1.29, 1.82) is 0 Å². The average molecular weight is 295 g/mol. The minimum atomic E-state index is -3.36. The average Bonchev–Trinajstić information content (AvgIpc) is 2.24. The second-order valence-corrected chi connectivity index (χ2v) is 6.42. The van der Waals surface area contributed by atoms with Gasteiger partial charge in [0.1, 0.15) is 0 Å². The summed E-state index contributed by atoms with van der Waals surface area (Å²) in [5, 5.41) is 1.02. The van der Waals surface area contributed by atoms with Gasteiger partial charge in [0.05, 0.1) is 0 Å². The Balaban J connectivity index is 2.20. The fourth-order valence-electron chi connectivity index (χ4n) is 1.67. The molecule has 1 heterocycles. The van der Waals surface area contributed by atoms with Gasteiger partial charge < -0.3 is 0 Å². The number of benzene rings is 1. The topological polar surface area (TPSA) is 49.4 Å². The van der Waals surface area contributed by atoms with E-state index in [2.05, 4.69) is 4.72 Å². The fraction of sp³-hybridized carbons (Fsp3) is 0.400. The molecular formula is C10H12Cl2N2O2S. The number of nitrogens with zero attached hydrogens (tertiary/aromatic N) is 1. The molecule has 2 rings (SSSR count). The molecule has 1 aliphatic heterocycles. The van der Waals surface area contributed by atoms with Crippen LogP contribution in [0.15, 0.2) is 18.2 Å². The Morgan fingerprint density at radius 3 is 2.76 bits per heavy atom. The molecule has 0 aromatic heterocycles. The van der Waals surface area contributed by atoms with E-state index >= 15 is 0 Å². The Kier molecular flexibility index (Phi) is 3.95. The van der Waals surface area contributed by atoms with Crippen molar-refractivity contribution in [2.45, 2.75) is 13.0 Å². The van der Waals surface area contributed by atoms with Crippen molar-refractivity contribution < 1.29 is 8.42 Å². The van der Waals surface area contributed by atoms with Gasteiger partial charge in [-0.15, -0.1) is 0 Å². The van der Waals surface area contributed by atoms with Crippen molar-refractivity contribution in [3.8, 4) is 0 Å². The Morgan fingerprint density at radius 2 is 2.12 bits per heavy atom. The molecule has 0 saturated carbocycles. The molecular weight excluding hydrogens is 283 g/mol. The highest BCUT2D eigenvalue weighted by molar-refractivity contribution is 7.87. The van der Waals surface area contributed by atoms with Crippen LogP contribution >= 0.6 is 23.2 Å². The lowest BCUT2D eigenvalue weighted by Gasteiger charge is -2.26. The summed E-state index contributed by atoms with van der Waals surface area (Å²) in [6.45, 7) is 1.27. The Hall–Kier alpha value is -0.330. The molecule has 7 heteroatoms. The molecule has 0 radical (unpaired) electrons. The standard InChI is InChI=1S/C10H12Cl2N2O2S/c11-9-3-2-8(10(12)6-9)7-14-5-1-4-13-17(14,15)16/h2-3,6,13H,1,4-5,7H2. The van der Waals surface area contributed by atoms with Crippen LogP contribution in [0.2, 0.25) is 10.0 Å². The summed E-state index contributed by atoms with van der Waals surface area (Å²) in [6.07, 6.45) is 0.796. The third-order valence-electron chi connectivity index (χ3n) is 2.57. The van der Waals surface area contributed by atoms with Crippen molar-refractivity contribution in [3.63, 3.8) is 0 Å². The van der Waals surface area contributed by atoms with Crippen LogP contribution in [0, 0.1) is 0 Å². The number of halogens is 2. The summed E-state index contributed by atoms with van der Waals surface area (Å²) >= 11 is 11.8. The van der Waals surface area contributed by atoms with Gasteiger partial charge in [-0.2, -0.15) is 12.7 Å². The normalized spacial score (nSPS) is 20.4. The van der Waals surface area contributed by atoms with Gasteiger partial charge in [-0.1, -0.05) is 29.3 Å². The Morgan fingerprint density at radius 1 is 1.35 bits per heavy atom. The van der Waals surface area contributed by atoms with Crippen LogP contribution in [0.4, 0.5) is 0 Å². The van der Waals surface area contributed by atoms with E-state index < -0.39 is 10.2 Å². The van der Waals surface area contributed by atoms with Crippen LogP contribution in [0.1, 0.15) is 12.0 Å². The first-order valence-electron chi connectivity index (χ1n) is 5.18. The van der Waals surface area contributed by atoms with Crippen LogP contribution in [0.25, 0.3) is 0 Å². The van der Waals surface area contributed by atoms with Crippen LogP contribution in [-0.2, 0) is 16.8 Å². The molecule has 1 saturated heterocycles. The highest BCUT2D eigenvalue weighted by Gasteiger charge is 2.25. The van der Waals surface area contributed by atoms with Gasteiger partial charge >= 0.3 is 0 Å². The predicted octanol–water partition coefficient (Wildman–Crippen LogP) is 2.03. The second-order valence-electron chi connectivity index (χ2n) is 3.82. The van der Waals surface area contributed by atoms with Gasteiger partial charge in [0.15, 0.2) is 0 Å². The van der Waals surface area contributed by atoms with Crippen molar-refractivity contribution in [1.82, 2.24) is 9.03 Å². The van der Waals surface area contributed by atoms with E-state index in [1.807, 2.05) is 0 Å². The third-order valence-corrected chi connectivity index (χ3v) is 4.72. The van der Waals surface area contributed by atoms with Gasteiger partial charge in [0.2, 0.25) is 0 Å².